The summed E-state index contributed by atoms with van der Waals surface area (Å²) in [5, 5.41) is 0. The maximum Gasteiger partial charge on any atom is 0.253 e. The predicted molar refractivity (Wildman–Crippen MR) is 94.0 cm³/mol. The monoisotopic (exact) mass is 318 g/mol. The Bertz CT molecular complexity index is 497. The fourth-order valence-electron chi connectivity index (χ4n) is 2.90. The van der Waals surface area contributed by atoms with Crippen LogP contribution in [0.4, 0.5) is 0 Å². The lowest BCUT2D eigenvalue weighted by atomic mass is 9.86. The Morgan fingerprint density at radius 2 is 1.70 bits per heavy atom. The summed E-state index contributed by atoms with van der Waals surface area (Å²) in [5.41, 5.74) is 2.18. The van der Waals surface area contributed by atoms with E-state index in [1.807, 2.05) is 17.0 Å². The van der Waals surface area contributed by atoms with Crippen molar-refractivity contribution in [3.05, 3.63) is 35.4 Å². The molecule has 0 atom stereocenters. The van der Waals surface area contributed by atoms with E-state index in [1.165, 1.54) is 5.56 Å². The van der Waals surface area contributed by atoms with Gasteiger partial charge in [0.15, 0.2) is 0 Å². The number of hydrogen-bond donors (Lipinski definition) is 0. The summed E-state index contributed by atoms with van der Waals surface area (Å²) in [5.74, 6) is 0.155. The second-order valence-corrected chi connectivity index (χ2v) is 7.31. The molecule has 23 heavy (non-hydrogen) atoms. The topological polar surface area (TPSA) is 32.8 Å². The highest BCUT2D eigenvalue weighted by atomic mass is 16.5. The first-order valence-corrected chi connectivity index (χ1v) is 8.53. The SMILES string of the molecule is COCCCN1CCN(C(=O)c2ccc(C(C)(C)C)cc2)CC1. The third kappa shape index (κ3) is 5.05. The summed E-state index contributed by atoms with van der Waals surface area (Å²) in [6.07, 6.45) is 1.05. The van der Waals surface area contributed by atoms with Crippen LogP contribution in [0.2, 0.25) is 0 Å². The molecule has 0 unspecified atom stereocenters. The zero-order chi connectivity index (χ0) is 16.9. The Kier molecular flexibility index (Phi) is 6.19. The van der Waals surface area contributed by atoms with Gasteiger partial charge in [-0.15, -0.1) is 0 Å². The van der Waals surface area contributed by atoms with Crippen molar-refractivity contribution in [2.75, 3.05) is 46.4 Å². The zero-order valence-corrected chi connectivity index (χ0v) is 15.0. The van der Waals surface area contributed by atoms with E-state index in [4.69, 9.17) is 4.74 Å². The predicted octanol–water partition coefficient (Wildman–Crippen LogP) is 2.78. The maximum atomic E-state index is 12.6. The largest absolute Gasteiger partial charge is 0.385 e. The summed E-state index contributed by atoms with van der Waals surface area (Å²) in [4.78, 5) is 17.0. The van der Waals surface area contributed by atoms with Crippen LogP contribution in [0.15, 0.2) is 24.3 Å². The number of methoxy groups -OCH3 is 1. The maximum absolute atomic E-state index is 12.6. The molecule has 0 saturated carbocycles. The van der Waals surface area contributed by atoms with Gasteiger partial charge in [-0.05, 0) is 29.5 Å². The summed E-state index contributed by atoms with van der Waals surface area (Å²) in [7, 11) is 1.74. The second-order valence-electron chi connectivity index (χ2n) is 7.31. The number of piperazine rings is 1. The fourth-order valence-corrected chi connectivity index (χ4v) is 2.90. The zero-order valence-electron chi connectivity index (χ0n) is 15.0. The molecule has 128 valence electrons. The molecule has 0 aliphatic carbocycles. The van der Waals surface area contributed by atoms with E-state index in [0.29, 0.717) is 0 Å². The minimum absolute atomic E-state index is 0.120. The van der Waals surface area contributed by atoms with Crippen LogP contribution in [-0.4, -0.2) is 62.1 Å². The van der Waals surface area contributed by atoms with Gasteiger partial charge < -0.3 is 9.64 Å². The van der Waals surface area contributed by atoms with Crippen molar-refractivity contribution in [3.63, 3.8) is 0 Å². The molecule has 0 spiro atoms. The Hall–Kier alpha value is -1.39. The quantitative estimate of drug-likeness (QED) is 0.783. The number of nitrogens with zero attached hydrogens (tertiary/aromatic N) is 2. The highest BCUT2D eigenvalue weighted by molar-refractivity contribution is 5.94. The first-order chi connectivity index (χ1) is 10.9. The molecule has 0 aromatic heterocycles. The van der Waals surface area contributed by atoms with Crippen molar-refractivity contribution < 1.29 is 9.53 Å². The molecular weight excluding hydrogens is 288 g/mol. The number of benzene rings is 1. The van der Waals surface area contributed by atoms with Gasteiger partial charge in [0.2, 0.25) is 0 Å². The number of amides is 1. The molecule has 1 aromatic rings. The van der Waals surface area contributed by atoms with Gasteiger partial charge in [-0.3, -0.25) is 9.69 Å². The van der Waals surface area contributed by atoms with Crippen LogP contribution in [0.3, 0.4) is 0 Å². The van der Waals surface area contributed by atoms with Gasteiger partial charge in [0.1, 0.15) is 0 Å². The van der Waals surface area contributed by atoms with Gasteiger partial charge in [0, 0.05) is 52.0 Å². The van der Waals surface area contributed by atoms with Crippen LogP contribution < -0.4 is 0 Å². The van der Waals surface area contributed by atoms with E-state index in [9.17, 15) is 4.79 Å². The molecule has 1 aromatic carbocycles. The first kappa shape index (κ1) is 18.0. The molecule has 1 heterocycles. The lowest BCUT2D eigenvalue weighted by Crippen LogP contribution is -2.48. The van der Waals surface area contributed by atoms with E-state index in [-0.39, 0.29) is 11.3 Å². The van der Waals surface area contributed by atoms with Gasteiger partial charge in [-0.25, -0.2) is 0 Å². The number of rotatable bonds is 5. The first-order valence-electron chi connectivity index (χ1n) is 8.53. The van der Waals surface area contributed by atoms with Gasteiger partial charge in [0.25, 0.3) is 5.91 Å². The van der Waals surface area contributed by atoms with Crippen molar-refractivity contribution in [3.8, 4) is 0 Å². The van der Waals surface area contributed by atoms with Crippen LogP contribution in [0.25, 0.3) is 0 Å². The highest BCUT2D eigenvalue weighted by Crippen LogP contribution is 2.22. The van der Waals surface area contributed by atoms with Gasteiger partial charge in [0.05, 0.1) is 0 Å². The van der Waals surface area contributed by atoms with Gasteiger partial charge in [-0.2, -0.15) is 0 Å². The van der Waals surface area contributed by atoms with Crippen molar-refractivity contribution in [1.29, 1.82) is 0 Å². The molecule has 1 aliphatic rings. The molecule has 0 N–H and O–H groups in total. The number of carbonyl (C=O) groups is 1. The molecule has 1 aliphatic heterocycles. The Morgan fingerprint density at radius 1 is 1.09 bits per heavy atom. The van der Waals surface area contributed by atoms with Crippen LogP contribution in [0.1, 0.15) is 43.1 Å². The van der Waals surface area contributed by atoms with Gasteiger partial charge >= 0.3 is 0 Å². The van der Waals surface area contributed by atoms with Crippen LogP contribution in [0, 0.1) is 0 Å². The molecule has 2 rings (SSSR count). The summed E-state index contributed by atoms with van der Waals surface area (Å²) in [6.45, 7) is 12.0. The lowest BCUT2D eigenvalue weighted by Gasteiger charge is -2.34. The molecule has 1 amide bonds. The number of ether oxygens (including phenoxy) is 1. The molecule has 0 bridgehead atoms. The van der Waals surface area contributed by atoms with E-state index in [0.717, 1.165) is 51.3 Å². The minimum Gasteiger partial charge on any atom is -0.385 e. The molecule has 4 heteroatoms. The Balaban J connectivity index is 1.87. The van der Waals surface area contributed by atoms with Crippen LogP contribution in [0.5, 0.6) is 0 Å². The third-order valence-corrected chi connectivity index (χ3v) is 4.48. The molecule has 1 saturated heterocycles. The van der Waals surface area contributed by atoms with E-state index < -0.39 is 0 Å². The molecule has 0 radical (unpaired) electrons. The highest BCUT2D eigenvalue weighted by Gasteiger charge is 2.22. The third-order valence-electron chi connectivity index (χ3n) is 4.48. The standard InChI is InChI=1S/C19H30N2O2/c1-19(2,3)17-8-6-16(7-9-17)18(22)21-13-11-20(12-14-21)10-5-15-23-4/h6-9H,5,10-15H2,1-4H3. The number of carbonyl (C=O) groups excluding carboxylic acids is 1. The molecule has 4 nitrogen and oxygen atoms in total. The van der Waals surface area contributed by atoms with Crippen molar-refractivity contribution >= 4 is 5.91 Å². The van der Waals surface area contributed by atoms with E-state index in [1.54, 1.807) is 7.11 Å². The smallest absolute Gasteiger partial charge is 0.253 e. The minimum atomic E-state index is 0.120. The van der Waals surface area contributed by atoms with Crippen molar-refractivity contribution in [2.24, 2.45) is 0 Å². The number of hydrogen-bond acceptors (Lipinski definition) is 3. The summed E-state index contributed by atoms with van der Waals surface area (Å²) >= 11 is 0. The van der Waals surface area contributed by atoms with Crippen LogP contribution in [-0.2, 0) is 10.2 Å². The van der Waals surface area contributed by atoms with E-state index >= 15 is 0 Å². The van der Waals surface area contributed by atoms with Gasteiger partial charge in [-0.1, -0.05) is 32.9 Å². The normalized spacial score (nSPS) is 16.6. The summed E-state index contributed by atoms with van der Waals surface area (Å²) in [6, 6.07) is 8.09. The van der Waals surface area contributed by atoms with Crippen LogP contribution >= 0.6 is 0 Å². The Labute approximate surface area is 140 Å². The average Bonchev–Trinajstić information content (AvgIpc) is 2.54. The van der Waals surface area contributed by atoms with E-state index in [2.05, 4.69) is 37.8 Å². The lowest BCUT2D eigenvalue weighted by molar-refractivity contribution is 0.0624. The summed E-state index contributed by atoms with van der Waals surface area (Å²) < 4.78 is 5.09. The Morgan fingerprint density at radius 3 is 2.22 bits per heavy atom. The molecular formula is C19H30N2O2. The average molecular weight is 318 g/mol. The molecule has 1 fully saturated rings. The fraction of sp³-hybridized carbons (Fsp3) is 0.632. The van der Waals surface area contributed by atoms with Crippen molar-refractivity contribution in [1.82, 2.24) is 9.80 Å². The van der Waals surface area contributed by atoms with Crippen molar-refractivity contribution in [2.45, 2.75) is 32.6 Å². The second kappa shape index (κ2) is 7.93.